The Morgan fingerprint density at radius 2 is 2.10 bits per heavy atom. The van der Waals surface area contributed by atoms with Crippen LogP contribution in [-0.2, 0) is 0 Å². The van der Waals surface area contributed by atoms with Crippen LogP contribution in [0.25, 0.3) is 0 Å². The Balaban J connectivity index is 1.70. The van der Waals surface area contributed by atoms with Gasteiger partial charge in [-0.2, -0.15) is 5.26 Å². The minimum absolute atomic E-state index is 0.405. The lowest BCUT2D eigenvalue weighted by molar-refractivity contribution is 0.171. The van der Waals surface area contributed by atoms with Gasteiger partial charge in [-0.1, -0.05) is 0 Å². The molecule has 1 unspecified atom stereocenters. The number of hydrogen-bond acceptors (Lipinski definition) is 5. The van der Waals surface area contributed by atoms with Crippen LogP contribution in [0.4, 0.5) is 0 Å². The van der Waals surface area contributed by atoms with E-state index in [0.29, 0.717) is 19.1 Å². The third-order valence-electron chi connectivity index (χ3n) is 3.90. The lowest BCUT2D eigenvalue weighted by Gasteiger charge is -2.26. The van der Waals surface area contributed by atoms with Gasteiger partial charge in [-0.05, 0) is 44.0 Å². The van der Waals surface area contributed by atoms with Crippen molar-refractivity contribution < 1.29 is 9.47 Å². The molecular weight excluding hydrogens is 272 g/mol. The molecule has 0 saturated heterocycles. The summed E-state index contributed by atoms with van der Waals surface area (Å²) in [6.45, 7) is 1.21. The fourth-order valence-corrected chi connectivity index (χ4v) is 3.65. The zero-order valence-corrected chi connectivity index (χ0v) is 12.3. The monoisotopic (exact) mass is 290 g/mol. The van der Waals surface area contributed by atoms with Crippen LogP contribution < -0.4 is 14.8 Å². The van der Waals surface area contributed by atoms with E-state index in [1.807, 2.05) is 25.2 Å². The number of thioether (sulfide) groups is 1. The van der Waals surface area contributed by atoms with Gasteiger partial charge in [0.1, 0.15) is 18.8 Å². The SMILES string of the molecule is CNC(C#N)(CSc1ccc2c(c1)OCCO2)C1CC1. The predicted octanol–water partition coefficient (Wildman–Crippen LogP) is 2.44. The highest BCUT2D eigenvalue weighted by molar-refractivity contribution is 7.99. The molecule has 106 valence electrons. The summed E-state index contributed by atoms with van der Waals surface area (Å²) in [5.74, 6) is 2.86. The summed E-state index contributed by atoms with van der Waals surface area (Å²) in [5, 5.41) is 12.7. The van der Waals surface area contributed by atoms with Crippen molar-refractivity contribution >= 4 is 11.8 Å². The molecule has 0 bridgehead atoms. The molecule has 5 heteroatoms. The van der Waals surface area contributed by atoms with Crippen LogP contribution in [0.15, 0.2) is 23.1 Å². The Labute approximate surface area is 123 Å². The van der Waals surface area contributed by atoms with Gasteiger partial charge in [-0.3, -0.25) is 0 Å². The number of nitrogens with one attached hydrogen (secondary N) is 1. The van der Waals surface area contributed by atoms with E-state index in [4.69, 9.17) is 9.47 Å². The number of hydrogen-bond donors (Lipinski definition) is 1. The van der Waals surface area contributed by atoms with Gasteiger partial charge in [0, 0.05) is 10.6 Å². The van der Waals surface area contributed by atoms with E-state index in [-0.39, 0.29) is 0 Å². The van der Waals surface area contributed by atoms with Crippen molar-refractivity contribution in [3.63, 3.8) is 0 Å². The van der Waals surface area contributed by atoms with E-state index >= 15 is 0 Å². The molecule has 0 aromatic heterocycles. The first kappa shape index (κ1) is 13.6. The zero-order valence-electron chi connectivity index (χ0n) is 11.5. The first-order valence-electron chi connectivity index (χ1n) is 6.90. The van der Waals surface area contributed by atoms with Crippen molar-refractivity contribution in [1.29, 1.82) is 5.26 Å². The number of ether oxygens (including phenoxy) is 2. The molecule has 1 atom stereocenters. The van der Waals surface area contributed by atoms with Crippen LogP contribution in [0.3, 0.4) is 0 Å². The fraction of sp³-hybridized carbons (Fsp3) is 0.533. The van der Waals surface area contributed by atoms with Gasteiger partial charge in [-0.25, -0.2) is 0 Å². The van der Waals surface area contributed by atoms with Crippen molar-refractivity contribution in [3.8, 4) is 17.6 Å². The number of rotatable bonds is 5. The Hall–Kier alpha value is -1.38. The quantitative estimate of drug-likeness (QED) is 0.844. The molecule has 0 spiro atoms. The fourth-order valence-electron chi connectivity index (χ4n) is 2.46. The summed E-state index contributed by atoms with van der Waals surface area (Å²) >= 11 is 1.70. The Kier molecular flexibility index (Phi) is 3.77. The second kappa shape index (κ2) is 5.55. The predicted molar refractivity (Wildman–Crippen MR) is 78.3 cm³/mol. The van der Waals surface area contributed by atoms with Crippen LogP contribution in [0, 0.1) is 17.2 Å². The second-order valence-electron chi connectivity index (χ2n) is 5.20. The topological polar surface area (TPSA) is 54.3 Å². The maximum atomic E-state index is 9.49. The summed E-state index contributed by atoms with van der Waals surface area (Å²) in [7, 11) is 1.88. The summed E-state index contributed by atoms with van der Waals surface area (Å²) in [6.07, 6.45) is 2.30. The molecule has 1 aliphatic carbocycles. The van der Waals surface area contributed by atoms with E-state index in [1.54, 1.807) is 11.8 Å². The smallest absolute Gasteiger partial charge is 0.162 e. The van der Waals surface area contributed by atoms with Crippen LogP contribution >= 0.6 is 11.8 Å². The largest absolute Gasteiger partial charge is 0.486 e. The van der Waals surface area contributed by atoms with Gasteiger partial charge in [-0.15, -0.1) is 11.8 Å². The number of benzene rings is 1. The molecule has 1 saturated carbocycles. The van der Waals surface area contributed by atoms with Crippen molar-refractivity contribution in [1.82, 2.24) is 5.32 Å². The molecule has 1 aliphatic heterocycles. The summed E-state index contributed by atoms with van der Waals surface area (Å²) in [4.78, 5) is 1.12. The molecule has 20 heavy (non-hydrogen) atoms. The molecule has 1 heterocycles. The average Bonchev–Trinajstić information content (AvgIpc) is 3.34. The average molecular weight is 290 g/mol. The molecule has 1 aromatic carbocycles. The molecule has 3 rings (SSSR count). The summed E-state index contributed by atoms with van der Waals surface area (Å²) < 4.78 is 11.1. The van der Waals surface area contributed by atoms with E-state index in [2.05, 4.69) is 11.4 Å². The number of nitrogens with zero attached hydrogens (tertiary/aromatic N) is 1. The Morgan fingerprint density at radius 1 is 1.35 bits per heavy atom. The standard InChI is InChI=1S/C15H18N2O2S/c1-17-15(9-16,11-2-3-11)10-20-12-4-5-13-14(8-12)19-7-6-18-13/h4-5,8,11,17H,2-3,6-7,10H2,1H3. The normalized spacial score (nSPS) is 20.0. The molecule has 4 nitrogen and oxygen atoms in total. The molecule has 1 aromatic rings. The molecule has 0 radical (unpaired) electrons. The van der Waals surface area contributed by atoms with Crippen LogP contribution in [-0.4, -0.2) is 31.6 Å². The van der Waals surface area contributed by atoms with E-state index in [0.717, 1.165) is 35.0 Å². The van der Waals surface area contributed by atoms with Crippen molar-refractivity contribution in [2.45, 2.75) is 23.3 Å². The van der Waals surface area contributed by atoms with Crippen molar-refractivity contribution in [3.05, 3.63) is 18.2 Å². The maximum absolute atomic E-state index is 9.49. The molecular formula is C15H18N2O2S. The van der Waals surface area contributed by atoms with Gasteiger partial charge in [0.15, 0.2) is 11.5 Å². The Bertz CT molecular complexity index is 539. The molecule has 1 fully saturated rings. The van der Waals surface area contributed by atoms with Gasteiger partial charge in [0.25, 0.3) is 0 Å². The van der Waals surface area contributed by atoms with Gasteiger partial charge >= 0.3 is 0 Å². The molecule has 2 aliphatic rings. The highest BCUT2D eigenvalue weighted by Gasteiger charge is 2.44. The highest BCUT2D eigenvalue weighted by Crippen LogP contribution is 2.42. The zero-order chi connectivity index (χ0) is 14.0. The number of nitriles is 1. The highest BCUT2D eigenvalue weighted by atomic mass is 32.2. The van der Waals surface area contributed by atoms with E-state index < -0.39 is 5.54 Å². The van der Waals surface area contributed by atoms with Crippen LogP contribution in [0.1, 0.15) is 12.8 Å². The van der Waals surface area contributed by atoms with Gasteiger partial charge in [0.2, 0.25) is 0 Å². The summed E-state index contributed by atoms with van der Waals surface area (Å²) in [6, 6.07) is 8.45. The van der Waals surface area contributed by atoms with Crippen LogP contribution in [0.2, 0.25) is 0 Å². The first-order chi connectivity index (χ1) is 9.77. The molecule has 1 N–H and O–H groups in total. The van der Waals surface area contributed by atoms with Crippen LogP contribution in [0.5, 0.6) is 11.5 Å². The third-order valence-corrected chi connectivity index (χ3v) is 5.09. The van der Waals surface area contributed by atoms with E-state index in [1.165, 1.54) is 0 Å². The second-order valence-corrected chi connectivity index (χ2v) is 6.25. The van der Waals surface area contributed by atoms with Crippen molar-refractivity contribution in [2.24, 2.45) is 5.92 Å². The minimum Gasteiger partial charge on any atom is -0.486 e. The summed E-state index contributed by atoms with van der Waals surface area (Å²) in [5.41, 5.74) is -0.405. The molecule has 0 amide bonds. The lowest BCUT2D eigenvalue weighted by Crippen LogP contribution is -2.46. The maximum Gasteiger partial charge on any atom is 0.162 e. The van der Waals surface area contributed by atoms with Gasteiger partial charge in [0.05, 0.1) is 6.07 Å². The van der Waals surface area contributed by atoms with Gasteiger partial charge < -0.3 is 14.8 Å². The van der Waals surface area contributed by atoms with Crippen molar-refractivity contribution in [2.75, 3.05) is 26.0 Å². The minimum atomic E-state index is -0.405. The lowest BCUT2D eigenvalue weighted by atomic mass is 9.98. The first-order valence-corrected chi connectivity index (χ1v) is 7.88. The third kappa shape index (κ3) is 2.58. The van der Waals surface area contributed by atoms with E-state index in [9.17, 15) is 5.26 Å². The Morgan fingerprint density at radius 3 is 2.75 bits per heavy atom. The number of fused-ring (bicyclic) bond motifs is 1.